The van der Waals surface area contributed by atoms with Crippen LogP contribution in [-0.4, -0.2) is 34.0 Å². The molecule has 2 rings (SSSR count). The quantitative estimate of drug-likeness (QED) is 0.823. The van der Waals surface area contributed by atoms with Crippen LogP contribution >= 0.6 is 0 Å². The molecule has 1 aromatic carbocycles. The second-order valence-electron chi connectivity index (χ2n) is 5.49. The van der Waals surface area contributed by atoms with Crippen LogP contribution in [0.5, 0.6) is 5.75 Å². The third-order valence-corrected chi connectivity index (χ3v) is 3.38. The van der Waals surface area contributed by atoms with Crippen LogP contribution in [0.2, 0.25) is 0 Å². The van der Waals surface area contributed by atoms with E-state index in [1.807, 2.05) is 20.8 Å². The van der Waals surface area contributed by atoms with Crippen LogP contribution in [0.1, 0.15) is 42.7 Å². The number of aliphatic hydroxyl groups excluding tert-OH is 1. The number of aryl methyl sites for hydroxylation is 1. The fraction of sp³-hybridized carbons (Fsp3) is 0.412. The number of benzene rings is 1. The van der Waals surface area contributed by atoms with Crippen molar-refractivity contribution in [2.24, 2.45) is 0 Å². The summed E-state index contributed by atoms with van der Waals surface area (Å²) in [7, 11) is 0. The summed E-state index contributed by atoms with van der Waals surface area (Å²) in [6, 6.07) is 7.04. The van der Waals surface area contributed by atoms with Crippen LogP contribution < -0.4 is 10.1 Å². The number of hydrogen-bond donors (Lipinski definition) is 2. The molecule has 0 saturated heterocycles. The second kappa shape index (κ2) is 7.78. The molecule has 0 aliphatic carbocycles. The highest BCUT2D eigenvalue weighted by Gasteiger charge is 2.18. The number of nitrogens with zero attached hydrogens (tertiary/aromatic N) is 2. The molecule has 0 fully saturated rings. The van der Waals surface area contributed by atoms with E-state index in [0.717, 1.165) is 12.2 Å². The summed E-state index contributed by atoms with van der Waals surface area (Å²) in [6.07, 6.45) is 1.78. The number of carbonyl (C=O) groups is 1. The third-order valence-electron chi connectivity index (χ3n) is 3.38. The number of hydrogen-bond acceptors (Lipinski definition) is 4. The normalized spacial score (nSPS) is 10.8. The summed E-state index contributed by atoms with van der Waals surface area (Å²) >= 11 is 0. The van der Waals surface area contributed by atoms with Gasteiger partial charge in [0, 0.05) is 18.4 Å². The van der Waals surface area contributed by atoms with Gasteiger partial charge >= 0.3 is 0 Å². The molecule has 1 aromatic heterocycles. The maximum Gasteiger partial charge on any atom is 0.259 e. The first kappa shape index (κ1) is 17.0. The number of aromatic nitrogens is 2. The molecule has 124 valence electrons. The average Bonchev–Trinajstić information content (AvgIpc) is 2.99. The van der Waals surface area contributed by atoms with Crippen LogP contribution in [-0.2, 0) is 6.54 Å². The lowest BCUT2D eigenvalue weighted by atomic mass is 10.1. The van der Waals surface area contributed by atoms with Crippen LogP contribution in [0.4, 0.5) is 5.69 Å². The van der Waals surface area contributed by atoms with Crippen LogP contribution in [0, 0.1) is 0 Å². The van der Waals surface area contributed by atoms with Gasteiger partial charge < -0.3 is 15.2 Å². The van der Waals surface area contributed by atoms with E-state index >= 15 is 0 Å². The van der Waals surface area contributed by atoms with Crippen molar-refractivity contribution >= 4 is 11.6 Å². The molecule has 2 aromatic rings. The number of rotatable bonds is 7. The average molecular weight is 317 g/mol. The lowest BCUT2D eigenvalue weighted by Gasteiger charge is -2.08. The molecule has 0 bridgehead atoms. The Morgan fingerprint density at radius 2 is 2.04 bits per heavy atom. The maximum atomic E-state index is 12.5. The second-order valence-corrected chi connectivity index (χ2v) is 5.49. The van der Waals surface area contributed by atoms with Crippen LogP contribution in [0.3, 0.4) is 0 Å². The predicted octanol–water partition coefficient (Wildman–Crippen LogP) is 2.65. The van der Waals surface area contributed by atoms with Gasteiger partial charge in [0.25, 0.3) is 5.91 Å². The number of ether oxygens (including phenoxy) is 1. The van der Waals surface area contributed by atoms with Crippen molar-refractivity contribution in [2.45, 2.75) is 33.2 Å². The Bertz CT molecular complexity index is 648. The predicted molar refractivity (Wildman–Crippen MR) is 89.0 cm³/mol. The summed E-state index contributed by atoms with van der Waals surface area (Å²) in [5.74, 6) is 0.661. The van der Waals surface area contributed by atoms with Crippen molar-refractivity contribution in [3.63, 3.8) is 0 Å². The summed E-state index contributed by atoms with van der Waals surface area (Å²) < 4.78 is 7.07. The van der Waals surface area contributed by atoms with Crippen LogP contribution in [0.15, 0.2) is 30.5 Å². The van der Waals surface area contributed by atoms with Crippen molar-refractivity contribution in [2.75, 3.05) is 18.5 Å². The monoisotopic (exact) mass is 317 g/mol. The number of anilines is 1. The van der Waals surface area contributed by atoms with Gasteiger partial charge in [0.1, 0.15) is 12.4 Å². The Morgan fingerprint density at radius 3 is 2.61 bits per heavy atom. The fourth-order valence-corrected chi connectivity index (χ4v) is 2.20. The van der Waals surface area contributed by atoms with Gasteiger partial charge in [0.2, 0.25) is 0 Å². The van der Waals surface area contributed by atoms with Crippen molar-refractivity contribution < 1.29 is 14.6 Å². The Morgan fingerprint density at radius 1 is 1.35 bits per heavy atom. The van der Waals surface area contributed by atoms with E-state index in [9.17, 15) is 4.79 Å². The zero-order valence-corrected chi connectivity index (χ0v) is 13.7. The maximum absolute atomic E-state index is 12.5. The Balaban J connectivity index is 2.11. The molecule has 0 radical (unpaired) electrons. The first-order valence-electron chi connectivity index (χ1n) is 7.77. The zero-order chi connectivity index (χ0) is 16.8. The molecule has 6 nitrogen and oxygen atoms in total. The third kappa shape index (κ3) is 4.32. The van der Waals surface area contributed by atoms with Gasteiger partial charge in [0.05, 0.1) is 17.9 Å². The number of nitrogens with one attached hydrogen (secondary N) is 1. The molecule has 0 saturated carbocycles. The molecule has 6 heteroatoms. The molecule has 23 heavy (non-hydrogen) atoms. The highest BCUT2D eigenvalue weighted by Crippen LogP contribution is 2.20. The highest BCUT2D eigenvalue weighted by molar-refractivity contribution is 6.05. The van der Waals surface area contributed by atoms with Crippen LogP contribution in [0.25, 0.3) is 0 Å². The lowest BCUT2D eigenvalue weighted by molar-refractivity contribution is 0.102. The van der Waals surface area contributed by atoms with E-state index in [2.05, 4.69) is 10.4 Å². The van der Waals surface area contributed by atoms with E-state index in [4.69, 9.17) is 9.84 Å². The van der Waals surface area contributed by atoms with Gasteiger partial charge in [-0.25, -0.2) is 0 Å². The van der Waals surface area contributed by atoms with Gasteiger partial charge in [-0.15, -0.1) is 0 Å². The summed E-state index contributed by atoms with van der Waals surface area (Å²) in [5.41, 5.74) is 2.08. The molecule has 0 atom stereocenters. The Hall–Kier alpha value is -2.34. The largest absolute Gasteiger partial charge is 0.491 e. The van der Waals surface area contributed by atoms with E-state index in [0.29, 0.717) is 17.0 Å². The Labute approximate surface area is 136 Å². The van der Waals surface area contributed by atoms with Crippen molar-refractivity contribution in [1.82, 2.24) is 9.78 Å². The summed E-state index contributed by atoms with van der Waals surface area (Å²) in [6.45, 7) is 6.98. The molecule has 0 unspecified atom stereocenters. The standard InChI is InChI=1S/C17H23N3O3/c1-4-20-11-15(16(19-20)12(2)3)17(22)18-13-5-7-14(8-6-13)23-10-9-21/h5-8,11-12,21H,4,9-10H2,1-3H3,(H,18,22). The Kier molecular flexibility index (Phi) is 5.76. The summed E-state index contributed by atoms with van der Waals surface area (Å²) in [4.78, 5) is 12.5. The molecular formula is C17H23N3O3. The number of aliphatic hydroxyl groups is 1. The van der Waals surface area contributed by atoms with E-state index in [1.165, 1.54) is 0 Å². The minimum absolute atomic E-state index is 0.0299. The first-order valence-corrected chi connectivity index (χ1v) is 7.77. The molecule has 2 N–H and O–H groups in total. The smallest absolute Gasteiger partial charge is 0.259 e. The highest BCUT2D eigenvalue weighted by atomic mass is 16.5. The van der Waals surface area contributed by atoms with E-state index < -0.39 is 0 Å². The molecular weight excluding hydrogens is 294 g/mol. The van der Waals surface area contributed by atoms with Gasteiger partial charge in [0.15, 0.2) is 0 Å². The topological polar surface area (TPSA) is 76.4 Å². The lowest BCUT2D eigenvalue weighted by Crippen LogP contribution is -2.13. The number of amides is 1. The molecule has 1 heterocycles. The minimum Gasteiger partial charge on any atom is -0.491 e. The van der Waals surface area contributed by atoms with Gasteiger partial charge in [-0.3, -0.25) is 9.48 Å². The molecule has 1 amide bonds. The van der Waals surface area contributed by atoms with Crippen molar-refractivity contribution in [1.29, 1.82) is 0 Å². The minimum atomic E-state index is -0.169. The van der Waals surface area contributed by atoms with Gasteiger partial charge in [-0.05, 0) is 37.1 Å². The summed E-state index contributed by atoms with van der Waals surface area (Å²) in [5, 5.41) is 16.1. The first-order chi connectivity index (χ1) is 11.0. The van der Waals surface area contributed by atoms with E-state index in [1.54, 1.807) is 35.1 Å². The van der Waals surface area contributed by atoms with Crippen molar-refractivity contribution in [3.05, 3.63) is 41.7 Å². The van der Waals surface area contributed by atoms with Gasteiger partial charge in [-0.1, -0.05) is 13.8 Å². The van der Waals surface area contributed by atoms with Gasteiger partial charge in [-0.2, -0.15) is 5.10 Å². The molecule has 0 spiro atoms. The number of carbonyl (C=O) groups excluding carboxylic acids is 1. The molecule has 0 aliphatic rings. The SMILES string of the molecule is CCn1cc(C(=O)Nc2ccc(OCCO)cc2)c(C(C)C)n1. The molecule has 0 aliphatic heterocycles. The zero-order valence-electron chi connectivity index (χ0n) is 13.7. The van der Waals surface area contributed by atoms with E-state index in [-0.39, 0.29) is 25.0 Å². The van der Waals surface area contributed by atoms with Crippen molar-refractivity contribution in [3.8, 4) is 5.75 Å². The fourth-order valence-electron chi connectivity index (χ4n) is 2.20.